The lowest BCUT2D eigenvalue weighted by Crippen LogP contribution is -2.32. The van der Waals surface area contributed by atoms with E-state index in [0.29, 0.717) is 12.1 Å². The van der Waals surface area contributed by atoms with E-state index in [-0.39, 0.29) is 0 Å². The minimum absolute atomic E-state index is 0.314. The number of nitrogens with zero attached hydrogens (tertiary/aromatic N) is 1. The number of methoxy groups -OCH3 is 3. The van der Waals surface area contributed by atoms with E-state index in [1.165, 1.54) is 11.1 Å². The summed E-state index contributed by atoms with van der Waals surface area (Å²) < 4.78 is 16.1. The van der Waals surface area contributed by atoms with Crippen molar-refractivity contribution >= 4 is 0 Å². The third-order valence-corrected chi connectivity index (χ3v) is 4.03. The zero-order valence-electron chi connectivity index (χ0n) is 12.9. The fraction of sp³-hybridized carbons (Fsp3) is 0.625. The van der Waals surface area contributed by atoms with Crippen LogP contribution in [0.15, 0.2) is 18.2 Å². The Balaban J connectivity index is 2.05. The Labute approximate surface area is 121 Å². The standard InChI is InChI=1S/C16H25NO3/c1-12-7-13(5-6-16(12)20-4)9-17-10-15(19-3)8-14(17)11-18-2/h5-7,14-15H,8-11H2,1-4H3/t14-,15-/m0/s1. The van der Waals surface area contributed by atoms with Crippen molar-refractivity contribution in [1.29, 1.82) is 0 Å². The first-order chi connectivity index (χ1) is 9.67. The summed E-state index contributed by atoms with van der Waals surface area (Å²) in [5, 5.41) is 0. The van der Waals surface area contributed by atoms with Crippen molar-refractivity contribution in [3.8, 4) is 5.75 Å². The van der Waals surface area contributed by atoms with Gasteiger partial charge in [0.1, 0.15) is 5.75 Å². The van der Waals surface area contributed by atoms with Gasteiger partial charge >= 0.3 is 0 Å². The van der Waals surface area contributed by atoms with Crippen molar-refractivity contribution in [2.45, 2.75) is 32.0 Å². The van der Waals surface area contributed by atoms with Gasteiger partial charge in [0.25, 0.3) is 0 Å². The first kappa shape index (κ1) is 15.3. The highest BCUT2D eigenvalue weighted by Crippen LogP contribution is 2.25. The molecular formula is C16H25NO3. The van der Waals surface area contributed by atoms with E-state index in [9.17, 15) is 0 Å². The van der Waals surface area contributed by atoms with Gasteiger partial charge in [0.2, 0.25) is 0 Å². The monoisotopic (exact) mass is 279 g/mol. The lowest BCUT2D eigenvalue weighted by Gasteiger charge is -2.23. The first-order valence-corrected chi connectivity index (χ1v) is 7.07. The quantitative estimate of drug-likeness (QED) is 0.799. The Kier molecular flexibility index (Phi) is 5.40. The maximum Gasteiger partial charge on any atom is 0.121 e. The molecule has 1 saturated heterocycles. The van der Waals surface area contributed by atoms with Crippen LogP contribution in [0.5, 0.6) is 5.75 Å². The third-order valence-electron chi connectivity index (χ3n) is 4.03. The molecule has 0 saturated carbocycles. The van der Waals surface area contributed by atoms with Crippen LogP contribution in [0.4, 0.5) is 0 Å². The van der Waals surface area contributed by atoms with Crippen LogP contribution in [0.3, 0.4) is 0 Å². The van der Waals surface area contributed by atoms with Gasteiger partial charge in [0, 0.05) is 33.4 Å². The van der Waals surface area contributed by atoms with Crippen LogP contribution in [0, 0.1) is 6.92 Å². The van der Waals surface area contributed by atoms with Gasteiger partial charge in [-0.3, -0.25) is 4.90 Å². The van der Waals surface area contributed by atoms with Crippen molar-refractivity contribution in [2.75, 3.05) is 34.5 Å². The fourth-order valence-corrected chi connectivity index (χ4v) is 2.94. The van der Waals surface area contributed by atoms with Crippen LogP contribution in [0.1, 0.15) is 17.5 Å². The normalized spacial score (nSPS) is 23.2. The van der Waals surface area contributed by atoms with Crippen LogP contribution < -0.4 is 4.74 Å². The number of rotatable bonds is 6. The molecule has 0 amide bonds. The number of benzene rings is 1. The molecule has 0 aliphatic carbocycles. The molecule has 2 rings (SSSR count). The Morgan fingerprint density at radius 3 is 2.65 bits per heavy atom. The van der Waals surface area contributed by atoms with Gasteiger partial charge in [-0.25, -0.2) is 0 Å². The van der Waals surface area contributed by atoms with Gasteiger partial charge < -0.3 is 14.2 Å². The van der Waals surface area contributed by atoms with E-state index in [2.05, 4.69) is 24.0 Å². The van der Waals surface area contributed by atoms with E-state index in [1.54, 1.807) is 21.3 Å². The molecule has 112 valence electrons. The number of hydrogen-bond donors (Lipinski definition) is 0. The molecule has 1 heterocycles. The van der Waals surface area contributed by atoms with Gasteiger partial charge in [-0.1, -0.05) is 12.1 Å². The summed E-state index contributed by atoms with van der Waals surface area (Å²) in [4.78, 5) is 2.44. The van der Waals surface area contributed by atoms with Gasteiger partial charge in [0.05, 0.1) is 19.8 Å². The van der Waals surface area contributed by atoms with Crippen LogP contribution in [0.2, 0.25) is 0 Å². The van der Waals surface area contributed by atoms with Crippen molar-refractivity contribution < 1.29 is 14.2 Å². The van der Waals surface area contributed by atoms with Crippen LogP contribution in [-0.2, 0) is 16.0 Å². The lowest BCUT2D eigenvalue weighted by molar-refractivity contribution is 0.106. The van der Waals surface area contributed by atoms with E-state index >= 15 is 0 Å². The first-order valence-electron chi connectivity index (χ1n) is 7.07. The van der Waals surface area contributed by atoms with E-state index in [0.717, 1.165) is 31.9 Å². The minimum atomic E-state index is 0.314. The second-order valence-corrected chi connectivity index (χ2v) is 5.44. The van der Waals surface area contributed by atoms with Gasteiger partial charge in [-0.2, -0.15) is 0 Å². The second-order valence-electron chi connectivity index (χ2n) is 5.44. The van der Waals surface area contributed by atoms with E-state index in [1.807, 2.05) is 6.07 Å². The second kappa shape index (κ2) is 7.07. The van der Waals surface area contributed by atoms with Crippen molar-refractivity contribution in [3.05, 3.63) is 29.3 Å². The van der Waals surface area contributed by atoms with Crippen LogP contribution in [-0.4, -0.2) is 51.5 Å². The molecule has 4 heteroatoms. The molecule has 4 nitrogen and oxygen atoms in total. The van der Waals surface area contributed by atoms with Crippen molar-refractivity contribution in [3.63, 3.8) is 0 Å². The maximum absolute atomic E-state index is 5.50. The summed E-state index contributed by atoms with van der Waals surface area (Å²) in [5.74, 6) is 0.943. The molecular weight excluding hydrogens is 254 g/mol. The zero-order chi connectivity index (χ0) is 14.5. The summed E-state index contributed by atoms with van der Waals surface area (Å²) in [5.41, 5.74) is 2.48. The maximum atomic E-state index is 5.50. The molecule has 1 aliphatic heterocycles. The Morgan fingerprint density at radius 2 is 2.05 bits per heavy atom. The molecule has 0 unspecified atom stereocenters. The molecule has 1 aromatic carbocycles. The number of aryl methyl sites for hydroxylation is 1. The van der Waals surface area contributed by atoms with Gasteiger partial charge in [-0.05, 0) is 30.5 Å². The highest BCUT2D eigenvalue weighted by Gasteiger charge is 2.31. The summed E-state index contributed by atoms with van der Waals surface area (Å²) in [6.45, 7) is 4.74. The molecule has 1 aliphatic rings. The van der Waals surface area contributed by atoms with Crippen LogP contribution >= 0.6 is 0 Å². The average Bonchev–Trinajstić information content (AvgIpc) is 2.82. The van der Waals surface area contributed by atoms with Crippen molar-refractivity contribution in [2.24, 2.45) is 0 Å². The topological polar surface area (TPSA) is 30.9 Å². The Hall–Kier alpha value is -1.10. The summed E-state index contributed by atoms with van der Waals surface area (Å²) in [6, 6.07) is 6.81. The largest absolute Gasteiger partial charge is 0.496 e. The molecule has 0 bridgehead atoms. The summed E-state index contributed by atoms with van der Waals surface area (Å²) >= 11 is 0. The zero-order valence-corrected chi connectivity index (χ0v) is 12.9. The molecule has 0 radical (unpaired) electrons. The molecule has 1 aromatic rings. The molecule has 20 heavy (non-hydrogen) atoms. The third kappa shape index (κ3) is 3.51. The van der Waals surface area contributed by atoms with Gasteiger partial charge in [0.15, 0.2) is 0 Å². The molecule has 0 aromatic heterocycles. The van der Waals surface area contributed by atoms with E-state index < -0.39 is 0 Å². The van der Waals surface area contributed by atoms with E-state index in [4.69, 9.17) is 14.2 Å². The molecule has 2 atom stereocenters. The predicted octanol–water partition coefficient (Wildman–Crippen LogP) is 2.24. The number of likely N-dealkylation sites (tertiary alicyclic amines) is 1. The average molecular weight is 279 g/mol. The van der Waals surface area contributed by atoms with Crippen LogP contribution in [0.25, 0.3) is 0 Å². The highest BCUT2D eigenvalue weighted by atomic mass is 16.5. The Bertz CT molecular complexity index is 436. The summed E-state index contributed by atoms with van der Waals surface area (Å²) in [7, 11) is 5.26. The highest BCUT2D eigenvalue weighted by molar-refractivity contribution is 5.36. The van der Waals surface area contributed by atoms with Gasteiger partial charge in [-0.15, -0.1) is 0 Å². The number of ether oxygens (including phenoxy) is 3. The smallest absolute Gasteiger partial charge is 0.121 e. The minimum Gasteiger partial charge on any atom is -0.496 e. The SMILES string of the molecule is COC[C@@H]1C[C@H](OC)CN1Cc1ccc(OC)c(C)c1. The lowest BCUT2D eigenvalue weighted by atomic mass is 10.1. The fourth-order valence-electron chi connectivity index (χ4n) is 2.94. The summed E-state index contributed by atoms with van der Waals surface area (Å²) in [6.07, 6.45) is 1.36. The Morgan fingerprint density at radius 1 is 1.25 bits per heavy atom. The number of hydrogen-bond acceptors (Lipinski definition) is 4. The molecule has 0 N–H and O–H groups in total. The molecule has 0 spiro atoms. The molecule has 1 fully saturated rings. The predicted molar refractivity (Wildman–Crippen MR) is 79.2 cm³/mol. The van der Waals surface area contributed by atoms with Crippen molar-refractivity contribution in [1.82, 2.24) is 4.90 Å².